The minimum Gasteiger partial charge on any atom is -0.508 e. The van der Waals surface area contributed by atoms with Crippen molar-refractivity contribution < 1.29 is 108 Å². The number of nitrogens with zero attached hydrogens (tertiary/aromatic N) is 1. The number of aliphatic carboxylic acids is 2. The summed E-state index contributed by atoms with van der Waals surface area (Å²) >= 11 is 13.8. The number of amides is 6. The Kier molecular flexibility index (Phi) is 19.1. The highest BCUT2D eigenvalue weighted by molar-refractivity contribution is 6.32. The summed E-state index contributed by atoms with van der Waals surface area (Å²) < 4.78 is 24.4. The summed E-state index contributed by atoms with van der Waals surface area (Å²) in [5.74, 6) is -15.3. The lowest BCUT2D eigenvalue weighted by atomic mass is 9.89. The first-order valence-corrected chi connectivity index (χ1v) is 28.0. The zero-order chi connectivity index (χ0) is 64.6. The third kappa shape index (κ3) is 13.7. The molecule has 1 saturated heterocycles. The molecule has 6 aliphatic heterocycles. The molecule has 11 bridgehead atoms. The number of fused-ring (bicyclic) bond motifs is 15. The normalized spacial score (nSPS) is 25.8. The predicted octanol–water partition coefficient (Wildman–Crippen LogP) is 1.03. The summed E-state index contributed by atoms with van der Waals surface area (Å²) in [6.07, 6.45) is -13.9. The van der Waals surface area contributed by atoms with Crippen LogP contribution < -0.4 is 41.4 Å². The van der Waals surface area contributed by atoms with Gasteiger partial charge in [0.15, 0.2) is 23.8 Å². The lowest BCUT2D eigenvalue weighted by molar-refractivity contribution is -0.313. The van der Waals surface area contributed by atoms with E-state index in [1.807, 2.05) is 0 Å². The smallest absolute Gasteiger partial charge is 0.330 e. The predicted molar refractivity (Wildman–Crippen MR) is 305 cm³/mol. The van der Waals surface area contributed by atoms with Gasteiger partial charge in [0.1, 0.15) is 89.5 Å². The fraction of sp³-hybridized carbons (Fsp3) is 0.345. The third-order valence-corrected chi connectivity index (χ3v) is 15.9. The third-order valence-electron chi connectivity index (χ3n) is 15.3. The average molecular weight is 1280 g/mol. The molecule has 16 N–H and O–H groups in total. The number of hydrogen-bond acceptors (Lipinski definition) is 21. The maximum atomic E-state index is 15.7. The number of nitrogens with one attached hydrogen (secondary N) is 6. The van der Waals surface area contributed by atoms with Crippen LogP contribution in [0.25, 0.3) is 11.1 Å². The Balaban J connectivity index is 1.29. The van der Waals surface area contributed by atoms with E-state index in [4.69, 9.17) is 42.1 Å². The SMILES string of the molecule is CC(C(=O)NC1Cc2ccc(c(Cl)c2)Oc2cc3cc(c2O)Oc2ccc(cc2Cl)C(OC2OC(CO)C(O)C(O)C2O)C2NC(=O)C(NC(=O)C3NC(=O)C(CCC(=O)O)NC1=O)c1ccc(O)c(c1)-c1c(O)cc(O)cc1C(C(=O)O)NC2=O)N(C)C. The fourth-order valence-corrected chi connectivity index (χ4v) is 10.8. The van der Waals surface area contributed by atoms with Crippen molar-refractivity contribution in [3.63, 3.8) is 0 Å². The standard InChI is InChI=1S/C58H59Cl2N7O22/c1-21(67(2)3)51(78)62-32-13-22-4-9-35(29(59)12-22)86-37-16-25-17-38(46(37)74)87-36-10-6-24(15-30(36)60)50(89-58-49(77)48(76)47(75)39(20-68)88-58)45-56(83)65-44(57(84)85)28-18-26(69)19-34(71)41(28)27-14-23(5-8-33(27)70)42(54(81)66-45)64-55(82)43(25)63-52(79)31(61-53(32)80)7-11-40(72)73/h4-6,8-10,12,14-19,21,31-32,39,42-45,47-50,58,68-71,74-77H,7,11,13,20H2,1-3H3,(H,61,80)(H,62,78)(H,63,79)(H,64,82)(H,65,83)(H,66,81)(H,72,73)(H,84,85). The van der Waals surface area contributed by atoms with Gasteiger partial charge in [0, 0.05) is 35.6 Å². The summed E-state index contributed by atoms with van der Waals surface area (Å²) in [4.78, 5) is 117. The highest BCUT2D eigenvalue weighted by atomic mass is 35.5. The molecule has 0 aliphatic carbocycles. The van der Waals surface area contributed by atoms with Gasteiger partial charge < -0.3 is 102 Å². The largest absolute Gasteiger partial charge is 0.508 e. The van der Waals surface area contributed by atoms with Crippen LogP contribution in [0.5, 0.6) is 46.0 Å². The molecule has 0 radical (unpaired) electrons. The average Bonchev–Trinajstić information content (AvgIpc) is 3.01. The molecule has 6 amide bonds. The molecule has 0 aromatic heterocycles. The van der Waals surface area contributed by atoms with Crippen LogP contribution in [0.1, 0.15) is 71.8 Å². The first-order chi connectivity index (χ1) is 42.1. The van der Waals surface area contributed by atoms with Crippen molar-refractivity contribution in [1.29, 1.82) is 0 Å². The molecule has 5 aromatic carbocycles. The summed E-state index contributed by atoms with van der Waals surface area (Å²) in [5, 5.41) is 124. The maximum Gasteiger partial charge on any atom is 0.330 e. The van der Waals surface area contributed by atoms with Gasteiger partial charge in [0.05, 0.1) is 22.7 Å². The molecular formula is C58H59Cl2N7O22. The number of carbonyl (C=O) groups is 8. The molecule has 6 heterocycles. The van der Waals surface area contributed by atoms with E-state index in [1.54, 1.807) is 25.9 Å². The lowest BCUT2D eigenvalue weighted by Gasteiger charge is -2.42. The number of likely N-dealkylation sites (N-methyl/N-ethyl adjacent to an activating group) is 1. The molecule has 89 heavy (non-hydrogen) atoms. The lowest BCUT2D eigenvalue weighted by Crippen LogP contribution is -2.61. The van der Waals surface area contributed by atoms with Crippen molar-refractivity contribution >= 4 is 70.6 Å². The van der Waals surface area contributed by atoms with Crippen LogP contribution >= 0.6 is 23.2 Å². The number of aliphatic hydroxyl groups is 4. The second kappa shape index (κ2) is 26.3. The number of halogens is 2. The van der Waals surface area contributed by atoms with Crippen molar-refractivity contribution in [2.75, 3.05) is 20.7 Å². The van der Waals surface area contributed by atoms with E-state index in [9.17, 15) is 75.0 Å². The monoisotopic (exact) mass is 1280 g/mol. The van der Waals surface area contributed by atoms with Crippen molar-refractivity contribution in [2.24, 2.45) is 0 Å². The second-order valence-electron chi connectivity index (χ2n) is 21.5. The molecular weight excluding hydrogens is 1220 g/mol. The van der Waals surface area contributed by atoms with E-state index in [-0.39, 0.29) is 39.6 Å². The minimum atomic E-state index is -2.35. The van der Waals surface area contributed by atoms with Crippen LogP contribution in [0.4, 0.5) is 0 Å². The van der Waals surface area contributed by atoms with Gasteiger partial charge >= 0.3 is 11.9 Å². The maximum absolute atomic E-state index is 15.7. The second-order valence-corrected chi connectivity index (χ2v) is 22.3. The zero-order valence-electron chi connectivity index (χ0n) is 46.9. The van der Waals surface area contributed by atoms with E-state index < -0.39 is 202 Å². The number of aliphatic hydroxyl groups excluding tert-OH is 4. The minimum absolute atomic E-state index is 0.135. The van der Waals surface area contributed by atoms with Crippen LogP contribution in [0.3, 0.4) is 0 Å². The van der Waals surface area contributed by atoms with Gasteiger partial charge in [-0.3, -0.25) is 38.5 Å². The Morgan fingerprint density at radius 1 is 0.685 bits per heavy atom. The number of carbonyl (C=O) groups excluding carboxylic acids is 6. The molecule has 13 unspecified atom stereocenters. The van der Waals surface area contributed by atoms with Gasteiger partial charge in [-0.15, -0.1) is 0 Å². The molecule has 31 heteroatoms. The number of carboxylic acids is 2. The molecule has 5 aromatic rings. The van der Waals surface area contributed by atoms with Gasteiger partial charge in [0.25, 0.3) is 0 Å². The number of benzene rings is 5. The molecule has 11 rings (SSSR count). The Morgan fingerprint density at radius 2 is 1.31 bits per heavy atom. The van der Waals surface area contributed by atoms with Crippen molar-refractivity contribution in [3.8, 4) is 57.1 Å². The summed E-state index contributed by atoms with van der Waals surface area (Å²) in [5.41, 5.74) is -2.25. The van der Waals surface area contributed by atoms with E-state index >= 15 is 14.4 Å². The van der Waals surface area contributed by atoms with Crippen molar-refractivity contribution in [2.45, 2.75) is 105 Å². The zero-order valence-corrected chi connectivity index (χ0v) is 48.4. The summed E-state index contributed by atoms with van der Waals surface area (Å²) in [6.45, 7) is 0.562. The van der Waals surface area contributed by atoms with Gasteiger partial charge in [-0.25, -0.2) is 4.79 Å². The molecule has 0 spiro atoms. The van der Waals surface area contributed by atoms with Crippen LogP contribution in [-0.2, 0) is 54.3 Å². The number of aromatic hydroxyl groups is 4. The topological polar surface area (TPSA) is 451 Å². The van der Waals surface area contributed by atoms with E-state index in [1.165, 1.54) is 24.3 Å². The molecule has 1 fully saturated rings. The summed E-state index contributed by atoms with van der Waals surface area (Å²) in [7, 11) is 3.21. The van der Waals surface area contributed by atoms with Gasteiger partial charge in [-0.2, -0.15) is 0 Å². The van der Waals surface area contributed by atoms with Gasteiger partial charge in [-0.05, 0) is 104 Å². The molecule has 6 aliphatic rings. The Hall–Kier alpha value is -9.04. The van der Waals surface area contributed by atoms with Crippen LogP contribution in [0, 0.1) is 0 Å². The van der Waals surface area contributed by atoms with Crippen LogP contribution in [-0.4, -0.2) is 179 Å². The Bertz CT molecular complexity index is 3670. The highest BCUT2D eigenvalue weighted by Gasteiger charge is 2.48. The van der Waals surface area contributed by atoms with Gasteiger partial charge in [-0.1, -0.05) is 41.4 Å². The van der Waals surface area contributed by atoms with Crippen molar-refractivity contribution in [3.05, 3.63) is 117 Å². The number of ether oxygens (including phenoxy) is 4. The van der Waals surface area contributed by atoms with Crippen molar-refractivity contribution in [1.82, 2.24) is 36.8 Å². The highest BCUT2D eigenvalue weighted by Crippen LogP contribution is 2.48. The number of carboxylic acid groups (broad SMARTS) is 2. The summed E-state index contributed by atoms with van der Waals surface area (Å²) in [6, 6.07) is 1.08. The molecule has 29 nitrogen and oxygen atoms in total. The molecule has 13 atom stereocenters. The number of phenols is 4. The van der Waals surface area contributed by atoms with Crippen LogP contribution in [0.2, 0.25) is 10.0 Å². The Morgan fingerprint density at radius 3 is 1.94 bits per heavy atom. The quantitative estimate of drug-likeness (QED) is 0.0928. The fourth-order valence-electron chi connectivity index (χ4n) is 10.3. The number of phenolic OH excluding ortho intramolecular Hbond substituents is 4. The Labute approximate surface area is 513 Å². The van der Waals surface area contributed by atoms with Gasteiger partial charge in [0.2, 0.25) is 41.2 Å². The van der Waals surface area contributed by atoms with Crippen LogP contribution in [0.15, 0.2) is 78.9 Å². The molecule has 0 saturated carbocycles. The molecule has 472 valence electrons. The first kappa shape index (κ1) is 64.4. The number of rotatable bonds is 10. The first-order valence-electron chi connectivity index (χ1n) is 27.2. The van der Waals surface area contributed by atoms with E-state index in [2.05, 4.69) is 31.9 Å². The van der Waals surface area contributed by atoms with E-state index in [0.717, 1.165) is 54.6 Å². The number of hydrogen-bond donors (Lipinski definition) is 16. The van der Waals surface area contributed by atoms with E-state index in [0.29, 0.717) is 5.56 Å².